The van der Waals surface area contributed by atoms with Crippen molar-refractivity contribution in [3.8, 4) is 0 Å². The number of anilines is 1. The van der Waals surface area contributed by atoms with E-state index in [2.05, 4.69) is 10.6 Å². The van der Waals surface area contributed by atoms with E-state index in [1.54, 1.807) is 6.08 Å². The van der Waals surface area contributed by atoms with E-state index < -0.39 is 16.1 Å². The molecule has 2 aromatic rings. The second-order valence-electron chi connectivity index (χ2n) is 4.79. The Kier molecular flexibility index (Phi) is 5.15. The smallest absolute Gasteiger partial charge is 0.314 e. The number of amides is 2. The van der Waals surface area contributed by atoms with Crippen LogP contribution in [0.5, 0.6) is 0 Å². The van der Waals surface area contributed by atoms with Crippen molar-refractivity contribution in [2.24, 2.45) is 0 Å². The first-order valence-electron chi connectivity index (χ1n) is 6.73. The second kappa shape index (κ2) is 7.08. The molecule has 0 radical (unpaired) electrons. The first kappa shape index (κ1) is 16.7. The van der Waals surface area contributed by atoms with Gasteiger partial charge in [0.25, 0.3) is 10.1 Å². The van der Waals surface area contributed by atoms with Crippen LogP contribution in [0.2, 0.25) is 0 Å². The van der Waals surface area contributed by atoms with Gasteiger partial charge in [0.1, 0.15) is 0 Å². The van der Waals surface area contributed by atoms with E-state index in [9.17, 15) is 13.2 Å². The highest BCUT2D eigenvalue weighted by Gasteiger charge is 2.10. The zero-order chi connectivity index (χ0) is 16.9. The first-order valence-corrected chi connectivity index (χ1v) is 8.17. The van der Waals surface area contributed by atoms with E-state index in [-0.39, 0.29) is 10.6 Å². The van der Waals surface area contributed by atoms with Gasteiger partial charge in [-0.3, -0.25) is 4.55 Å². The summed E-state index contributed by atoms with van der Waals surface area (Å²) in [4.78, 5) is 11.5. The molecule has 0 aliphatic carbocycles. The van der Waals surface area contributed by atoms with Gasteiger partial charge < -0.3 is 10.6 Å². The second-order valence-corrected chi connectivity index (χ2v) is 6.21. The van der Waals surface area contributed by atoms with E-state index >= 15 is 0 Å². The summed E-state index contributed by atoms with van der Waals surface area (Å²) in [6.07, 6.45) is 3.24. The van der Waals surface area contributed by atoms with Gasteiger partial charge in [-0.05, 0) is 42.3 Å². The van der Waals surface area contributed by atoms with Gasteiger partial charge in [-0.15, -0.1) is 0 Å². The molecule has 0 aromatic heterocycles. The number of benzene rings is 2. The van der Waals surface area contributed by atoms with Crippen molar-refractivity contribution in [1.82, 2.24) is 5.32 Å². The largest absolute Gasteiger partial charge is 0.323 e. The summed E-state index contributed by atoms with van der Waals surface area (Å²) < 4.78 is 31.1. The molecule has 0 heterocycles. The fourth-order valence-electron chi connectivity index (χ4n) is 1.88. The van der Waals surface area contributed by atoms with Crippen LogP contribution >= 0.6 is 0 Å². The summed E-state index contributed by atoms with van der Waals surface area (Å²) in [5, 5.41) is 5.00. The van der Waals surface area contributed by atoms with Gasteiger partial charge in [0, 0.05) is 11.9 Å². The molecule has 0 bridgehead atoms. The Morgan fingerprint density at radius 1 is 1.13 bits per heavy atom. The lowest BCUT2D eigenvalue weighted by Crippen LogP contribution is -2.23. The zero-order valence-electron chi connectivity index (χ0n) is 12.4. The SMILES string of the molecule is Cc1ccccc1/C=C/NC(=O)Nc1cccc(S(=O)(=O)O)c1. The number of hydrogen-bond acceptors (Lipinski definition) is 3. The van der Waals surface area contributed by atoms with Crippen LogP contribution in [-0.2, 0) is 10.1 Å². The van der Waals surface area contributed by atoms with Crippen LogP contribution in [0.3, 0.4) is 0 Å². The lowest BCUT2D eigenvalue weighted by Gasteiger charge is -2.06. The maximum Gasteiger partial charge on any atom is 0.323 e. The third kappa shape index (κ3) is 4.94. The van der Waals surface area contributed by atoms with E-state index in [1.807, 2.05) is 31.2 Å². The Morgan fingerprint density at radius 3 is 2.57 bits per heavy atom. The lowest BCUT2D eigenvalue weighted by atomic mass is 10.1. The number of nitrogens with one attached hydrogen (secondary N) is 2. The van der Waals surface area contributed by atoms with Crippen LogP contribution in [-0.4, -0.2) is 19.0 Å². The average molecular weight is 332 g/mol. The summed E-state index contributed by atoms with van der Waals surface area (Å²) in [5.74, 6) is 0. The van der Waals surface area contributed by atoms with Crippen molar-refractivity contribution >= 4 is 27.9 Å². The Morgan fingerprint density at radius 2 is 1.87 bits per heavy atom. The van der Waals surface area contributed by atoms with Crippen LogP contribution in [0, 0.1) is 6.92 Å². The topological polar surface area (TPSA) is 95.5 Å². The molecule has 0 saturated carbocycles. The molecule has 120 valence electrons. The fourth-order valence-corrected chi connectivity index (χ4v) is 2.41. The molecule has 0 atom stereocenters. The summed E-state index contributed by atoms with van der Waals surface area (Å²) in [7, 11) is -4.30. The zero-order valence-corrected chi connectivity index (χ0v) is 13.2. The quantitative estimate of drug-likeness (QED) is 0.750. The highest BCUT2D eigenvalue weighted by Crippen LogP contribution is 2.15. The summed E-state index contributed by atoms with van der Waals surface area (Å²) in [6, 6.07) is 12.5. The number of urea groups is 1. The third-order valence-corrected chi connectivity index (χ3v) is 3.91. The molecule has 2 rings (SSSR count). The molecule has 0 fully saturated rings. The van der Waals surface area contributed by atoms with Gasteiger partial charge in [0.15, 0.2) is 0 Å². The van der Waals surface area contributed by atoms with Gasteiger partial charge in [-0.1, -0.05) is 30.3 Å². The minimum absolute atomic E-state index is 0.252. The minimum atomic E-state index is -4.30. The fraction of sp³-hybridized carbons (Fsp3) is 0.0625. The van der Waals surface area contributed by atoms with Gasteiger partial charge in [-0.25, -0.2) is 4.79 Å². The molecule has 6 nitrogen and oxygen atoms in total. The molecule has 23 heavy (non-hydrogen) atoms. The highest BCUT2D eigenvalue weighted by molar-refractivity contribution is 7.85. The first-order chi connectivity index (χ1) is 10.9. The van der Waals surface area contributed by atoms with E-state index in [0.717, 1.165) is 11.1 Å². The molecular formula is C16H16N2O4S. The number of carbonyl (C=O) groups excluding carboxylic acids is 1. The Balaban J connectivity index is 1.99. The lowest BCUT2D eigenvalue weighted by molar-refractivity contribution is 0.255. The molecule has 0 saturated heterocycles. The minimum Gasteiger partial charge on any atom is -0.314 e. The molecule has 2 aromatic carbocycles. The Labute approximate surface area is 134 Å². The number of aryl methyl sites for hydroxylation is 1. The van der Waals surface area contributed by atoms with Crippen LogP contribution in [0.25, 0.3) is 6.08 Å². The Bertz CT molecular complexity index is 845. The average Bonchev–Trinajstić information content (AvgIpc) is 2.48. The summed E-state index contributed by atoms with van der Waals surface area (Å²) >= 11 is 0. The molecule has 0 unspecified atom stereocenters. The van der Waals surface area contributed by atoms with Crippen LogP contribution < -0.4 is 10.6 Å². The highest BCUT2D eigenvalue weighted by atomic mass is 32.2. The number of hydrogen-bond donors (Lipinski definition) is 3. The predicted molar refractivity (Wildman–Crippen MR) is 88.6 cm³/mol. The summed E-state index contributed by atoms with van der Waals surface area (Å²) in [5.41, 5.74) is 2.30. The van der Waals surface area contributed by atoms with Crippen LogP contribution in [0.4, 0.5) is 10.5 Å². The predicted octanol–water partition coefficient (Wildman–Crippen LogP) is 3.03. The van der Waals surface area contributed by atoms with Crippen molar-refractivity contribution in [1.29, 1.82) is 0 Å². The monoisotopic (exact) mass is 332 g/mol. The molecule has 0 aliphatic heterocycles. The number of rotatable bonds is 4. The van der Waals surface area contributed by atoms with Gasteiger partial charge in [0.05, 0.1) is 4.90 Å². The van der Waals surface area contributed by atoms with Crippen molar-refractivity contribution in [2.45, 2.75) is 11.8 Å². The van der Waals surface area contributed by atoms with E-state index in [0.29, 0.717) is 0 Å². The molecule has 0 aliphatic rings. The molecule has 2 amide bonds. The van der Waals surface area contributed by atoms with Crippen molar-refractivity contribution < 1.29 is 17.8 Å². The van der Waals surface area contributed by atoms with Gasteiger partial charge in [-0.2, -0.15) is 8.42 Å². The third-order valence-electron chi connectivity index (χ3n) is 3.06. The van der Waals surface area contributed by atoms with Crippen LogP contribution in [0.15, 0.2) is 59.6 Å². The molecular weight excluding hydrogens is 316 g/mol. The molecule has 7 heteroatoms. The van der Waals surface area contributed by atoms with Crippen molar-refractivity contribution in [2.75, 3.05) is 5.32 Å². The van der Waals surface area contributed by atoms with Crippen LogP contribution in [0.1, 0.15) is 11.1 Å². The maximum absolute atomic E-state index is 11.8. The van der Waals surface area contributed by atoms with E-state index in [4.69, 9.17) is 4.55 Å². The van der Waals surface area contributed by atoms with Gasteiger partial charge >= 0.3 is 6.03 Å². The summed E-state index contributed by atoms with van der Waals surface area (Å²) in [6.45, 7) is 1.96. The Hall–Kier alpha value is -2.64. The maximum atomic E-state index is 11.8. The normalized spacial score (nSPS) is 11.4. The van der Waals surface area contributed by atoms with E-state index in [1.165, 1.54) is 30.5 Å². The van der Waals surface area contributed by atoms with Crippen molar-refractivity contribution in [3.63, 3.8) is 0 Å². The van der Waals surface area contributed by atoms with Crippen molar-refractivity contribution in [3.05, 3.63) is 65.9 Å². The molecule has 3 N–H and O–H groups in total. The molecule has 0 spiro atoms. The number of carbonyl (C=O) groups is 1. The standard InChI is InChI=1S/C16H16N2O4S/c1-12-5-2-3-6-13(12)9-10-17-16(19)18-14-7-4-8-15(11-14)23(20,21)22/h2-11H,1H3,(H2,17,18,19)(H,20,21,22)/b10-9+. The van der Waals surface area contributed by atoms with Gasteiger partial charge in [0.2, 0.25) is 0 Å².